The molecule has 0 N–H and O–H groups in total. The highest BCUT2D eigenvalue weighted by Crippen LogP contribution is 2.13. The summed E-state index contributed by atoms with van der Waals surface area (Å²) < 4.78 is 4.58. The van der Waals surface area contributed by atoms with E-state index < -0.39 is 0 Å². The van der Waals surface area contributed by atoms with Crippen LogP contribution in [0.1, 0.15) is 18.9 Å². The first-order valence-corrected chi connectivity index (χ1v) is 5.13. The Morgan fingerprint density at radius 1 is 1.44 bits per heavy atom. The van der Waals surface area contributed by atoms with Crippen LogP contribution in [0.4, 0.5) is 0 Å². The van der Waals surface area contributed by atoms with Crippen molar-refractivity contribution in [1.82, 2.24) is 0 Å². The van der Waals surface area contributed by atoms with E-state index in [9.17, 15) is 9.90 Å². The standard InChI is InChI=1S/C7H7O.C6H10O2/c1-6-4-2-3-5-7(6)8;1-3-5-8-6(7)4-2/h2-5H,1H3;4H,2-3,5H2,1H3. The van der Waals surface area contributed by atoms with Crippen LogP contribution in [0.2, 0.25) is 0 Å². The Morgan fingerprint density at radius 2 is 2.06 bits per heavy atom. The zero-order valence-electron chi connectivity index (χ0n) is 9.73. The predicted molar refractivity (Wildman–Crippen MR) is 62.8 cm³/mol. The zero-order valence-corrected chi connectivity index (χ0v) is 9.73. The van der Waals surface area contributed by atoms with Crippen molar-refractivity contribution >= 4 is 5.97 Å². The molecule has 3 nitrogen and oxygen atoms in total. The van der Waals surface area contributed by atoms with Crippen LogP contribution in [0, 0.1) is 6.92 Å². The van der Waals surface area contributed by atoms with Gasteiger partial charge in [0.15, 0.2) is 5.75 Å². The maximum Gasteiger partial charge on any atom is 0.330 e. The van der Waals surface area contributed by atoms with Crippen molar-refractivity contribution < 1.29 is 14.6 Å². The lowest BCUT2D eigenvalue weighted by Gasteiger charge is -1.94. The second-order valence-electron chi connectivity index (χ2n) is 3.14. The van der Waals surface area contributed by atoms with Crippen LogP contribution in [0.15, 0.2) is 36.9 Å². The lowest BCUT2D eigenvalue weighted by Crippen LogP contribution is -1.99. The molecule has 1 aromatic carbocycles. The number of ether oxygens (including phenoxy) is 1. The van der Waals surface area contributed by atoms with Crippen LogP contribution in [0.25, 0.3) is 0 Å². The van der Waals surface area contributed by atoms with Crippen molar-refractivity contribution in [3.05, 3.63) is 42.5 Å². The number of carbonyl (C=O) groups is 1. The van der Waals surface area contributed by atoms with Crippen molar-refractivity contribution in [3.8, 4) is 5.75 Å². The number of aryl methyl sites for hydroxylation is 1. The number of hydrogen-bond acceptors (Lipinski definition) is 2. The summed E-state index contributed by atoms with van der Waals surface area (Å²) in [5, 5.41) is 10.6. The number of benzene rings is 1. The second-order valence-corrected chi connectivity index (χ2v) is 3.14. The predicted octanol–water partition coefficient (Wildman–Crippen LogP) is 3.26. The smallest absolute Gasteiger partial charge is 0.330 e. The first-order valence-electron chi connectivity index (χ1n) is 5.13. The quantitative estimate of drug-likeness (QED) is 0.581. The summed E-state index contributed by atoms with van der Waals surface area (Å²) in [5.74, 6) is -0.223. The molecule has 87 valence electrons. The van der Waals surface area contributed by atoms with Gasteiger partial charge in [0.2, 0.25) is 0 Å². The van der Waals surface area contributed by atoms with Crippen molar-refractivity contribution in [2.75, 3.05) is 6.61 Å². The number of esters is 1. The van der Waals surface area contributed by atoms with Crippen molar-refractivity contribution in [3.63, 3.8) is 0 Å². The number of hydrogen-bond donors (Lipinski definition) is 0. The fraction of sp³-hybridized carbons (Fsp3) is 0.308. The van der Waals surface area contributed by atoms with Gasteiger partial charge in [-0.25, -0.2) is 4.79 Å². The Bertz CT molecular complexity index is 311. The molecule has 16 heavy (non-hydrogen) atoms. The largest absolute Gasteiger partial charge is 0.463 e. The van der Waals surface area contributed by atoms with E-state index in [1.54, 1.807) is 12.1 Å². The molecule has 1 rings (SSSR count). The molecule has 0 aliphatic heterocycles. The Morgan fingerprint density at radius 3 is 2.44 bits per heavy atom. The molecule has 3 heteroatoms. The summed E-state index contributed by atoms with van der Waals surface area (Å²) in [6, 6.07) is 6.98. The molecule has 1 radical (unpaired) electrons. The van der Waals surface area contributed by atoms with Crippen molar-refractivity contribution in [2.45, 2.75) is 20.3 Å². The topological polar surface area (TPSA) is 46.2 Å². The number of para-hydroxylation sites is 1. The van der Waals surface area contributed by atoms with Gasteiger partial charge in [0.25, 0.3) is 0 Å². The van der Waals surface area contributed by atoms with Crippen LogP contribution in [-0.4, -0.2) is 12.6 Å². The zero-order chi connectivity index (χ0) is 12.4. The highest BCUT2D eigenvalue weighted by molar-refractivity contribution is 5.81. The van der Waals surface area contributed by atoms with E-state index >= 15 is 0 Å². The van der Waals surface area contributed by atoms with Crippen LogP contribution < -0.4 is 0 Å². The average molecular weight is 221 g/mol. The molecule has 0 aromatic heterocycles. The van der Waals surface area contributed by atoms with Gasteiger partial charge in [0.05, 0.1) is 6.61 Å². The molecule has 0 spiro atoms. The molecule has 0 saturated carbocycles. The minimum absolute atomic E-state index is 0.118. The number of carbonyl (C=O) groups excluding carboxylic acids is 1. The molecular formula is C13H17O3. The SMILES string of the molecule is C=CC(=O)OCCC.Cc1ccccc1[O]. The van der Waals surface area contributed by atoms with E-state index in [4.69, 9.17) is 0 Å². The lowest BCUT2D eigenvalue weighted by atomic mass is 10.2. The van der Waals surface area contributed by atoms with Gasteiger partial charge in [0, 0.05) is 6.08 Å². The van der Waals surface area contributed by atoms with E-state index in [0.29, 0.717) is 6.61 Å². The summed E-state index contributed by atoms with van der Waals surface area (Å²) in [7, 11) is 0. The molecule has 0 atom stereocenters. The van der Waals surface area contributed by atoms with E-state index in [0.717, 1.165) is 18.1 Å². The Labute approximate surface area is 96.4 Å². The second kappa shape index (κ2) is 8.53. The highest BCUT2D eigenvalue weighted by Gasteiger charge is 1.90. The van der Waals surface area contributed by atoms with E-state index in [2.05, 4.69) is 11.3 Å². The van der Waals surface area contributed by atoms with Gasteiger partial charge < -0.3 is 4.74 Å². The molecule has 1 aromatic rings. The number of rotatable bonds is 3. The summed E-state index contributed by atoms with van der Waals surface area (Å²) in [6.45, 7) is 7.48. The lowest BCUT2D eigenvalue weighted by molar-refractivity contribution is -0.137. The first kappa shape index (κ1) is 14.2. The molecule has 0 bridgehead atoms. The van der Waals surface area contributed by atoms with Crippen LogP contribution in [0.5, 0.6) is 5.75 Å². The molecule has 0 aliphatic carbocycles. The average Bonchev–Trinajstić information content (AvgIpc) is 2.30. The molecule has 0 fully saturated rings. The molecular weight excluding hydrogens is 204 g/mol. The van der Waals surface area contributed by atoms with Crippen molar-refractivity contribution in [2.24, 2.45) is 0 Å². The minimum Gasteiger partial charge on any atom is -0.463 e. The van der Waals surface area contributed by atoms with E-state index in [1.165, 1.54) is 0 Å². The van der Waals surface area contributed by atoms with Crippen LogP contribution >= 0.6 is 0 Å². The maximum atomic E-state index is 10.6. The van der Waals surface area contributed by atoms with Crippen LogP contribution in [-0.2, 0) is 14.6 Å². The molecule has 0 amide bonds. The van der Waals surface area contributed by atoms with E-state index in [-0.39, 0.29) is 11.7 Å². The van der Waals surface area contributed by atoms with Crippen molar-refractivity contribution in [1.29, 1.82) is 0 Å². The van der Waals surface area contributed by atoms with Gasteiger partial charge in [-0.3, -0.25) is 5.11 Å². The van der Waals surface area contributed by atoms with E-state index in [1.807, 2.05) is 26.0 Å². The first-order chi connectivity index (χ1) is 7.61. The highest BCUT2D eigenvalue weighted by atomic mass is 16.5. The van der Waals surface area contributed by atoms with Gasteiger partial charge in [-0.2, -0.15) is 0 Å². The fourth-order valence-corrected chi connectivity index (χ4v) is 0.818. The molecule has 0 unspecified atom stereocenters. The maximum absolute atomic E-state index is 10.6. The summed E-state index contributed by atoms with van der Waals surface area (Å²) in [6.07, 6.45) is 2.02. The third kappa shape index (κ3) is 6.65. The summed E-state index contributed by atoms with van der Waals surface area (Å²) >= 11 is 0. The van der Waals surface area contributed by atoms with Crippen LogP contribution in [0.3, 0.4) is 0 Å². The van der Waals surface area contributed by atoms with Gasteiger partial charge in [-0.05, 0) is 25.0 Å². The monoisotopic (exact) mass is 221 g/mol. The Hall–Kier alpha value is -1.77. The van der Waals surface area contributed by atoms with Gasteiger partial charge >= 0.3 is 5.97 Å². The third-order valence-corrected chi connectivity index (χ3v) is 1.71. The third-order valence-electron chi connectivity index (χ3n) is 1.71. The minimum atomic E-state index is -0.341. The Kier molecular flexibility index (Phi) is 7.59. The summed E-state index contributed by atoms with van der Waals surface area (Å²) in [5.41, 5.74) is 0.813. The molecule has 0 saturated heterocycles. The van der Waals surface area contributed by atoms with Gasteiger partial charge in [0.1, 0.15) is 0 Å². The fourth-order valence-electron chi connectivity index (χ4n) is 0.818. The molecule has 0 aliphatic rings. The Balaban J connectivity index is 0.000000281. The van der Waals surface area contributed by atoms with Gasteiger partial charge in [-0.1, -0.05) is 31.7 Å². The summed E-state index contributed by atoms with van der Waals surface area (Å²) in [4.78, 5) is 10.2. The normalized spacial score (nSPS) is 8.62. The van der Waals surface area contributed by atoms with Gasteiger partial charge in [-0.15, -0.1) is 0 Å². The molecule has 0 heterocycles.